The summed E-state index contributed by atoms with van der Waals surface area (Å²) in [5.41, 5.74) is -0.908. The molecule has 7 nitrogen and oxygen atoms in total. The normalized spacial score (nSPS) is 13.9. The summed E-state index contributed by atoms with van der Waals surface area (Å²) >= 11 is 1.47. The highest BCUT2D eigenvalue weighted by atomic mass is 32.2. The molecule has 0 fully saturated rings. The van der Waals surface area contributed by atoms with Crippen LogP contribution in [0.15, 0.2) is 12.1 Å². The fourth-order valence-electron chi connectivity index (χ4n) is 1.35. The molecule has 1 rings (SSSR count). The number of H-pyrrole nitrogens is 1. The van der Waals surface area contributed by atoms with E-state index < -0.39 is 16.4 Å². The van der Waals surface area contributed by atoms with Crippen molar-refractivity contribution in [1.29, 1.82) is 0 Å². The number of aromatic nitrogens is 1. The first-order valence-corrected chi connectivity index (χ1v) is 6.58. The number of aliphatic hydroxyl groups is 1. The molecule has 1 amide bonds. The van der Waals surface area contributed by atoms with Crippen LogP contribution in [0.5, 0.6) is 0 Å². The van der Waals surface area contributed by atoms with E-state index in [1.807, 2.05) is 6.26 Å². The summed E-state index contributed by atoms with van der Waals surface area (Å²) < 4.78 is 0. The third kappa shape index (κ3) is 4.04. The van der Waals surface area contributed by atoms with E-state index in [1.54, 1.807) is 6.92 Å². The fraction of sp³-hybridized carbons (Fsp3) is 0.500. The summed E-state index contributed by atoms with van der Waals surface area (Å²) in [5.74, 6) is -0.237. The van der Waals surface area contributed by atoms with Crippen LogP contribution in [0, 0.1) is 10.1 Å². The number of carbonyl (C=O) groups is 1. The average Bonchev–Trinajstić information content (AvgIpc) is 2.75. The smallest absolute Gasteiger partial charge is 0.321 e. The second kappa shape index (κ2) is 5.87. The molecule has 1 atom stereocenters. The number of hydrogen-bond acceptors (Lipinski definition) is 5. The van der Waals surface area contributed by atoms with Crippen molar-refractivity contribution >= 4 is 23.5 Å². The van der Waals surface area contributed by atoms with Gasteiger partial charge in [-0.1, -0.05) is 0 Å². The van der Waals surface area contributed by atoms with Crippen molar-refractivity contribution in [1.82, 2.24) is 10.3 Å². The Labute approximate surface area is 108 Å². The van der Waals surface area contributed by atoms with E-state index in [0.29, 0.717) is 5.75 Å². The Bertz CT molecular complexity index is 444. The largest absolute Gasteiger partial charge is 0.387 e. The van der Waals surface area contributed by atoms with Crippen molar-refractivity contribution in [2.24, 2.45) is 0 Å². The first-order valence-electron chi connectivity index (χ1n) is 5.18. The molecule has 0 saturated heterocycles. The van der Waals surface area contributed by atoms with Gasteiger partial charge >= 0.3 is 5.82 Å². The molecule has 0 aliphatic heterocycles. The minimum Gasteiger partial charge on any atom is -0.387 e. The van der Waals surface area contributed by atoms with Crippen LogP contribution in [-0.4, -0.2) is 45.1 Å². The highest BCUT2D eigenvalue weighted by Gasteiger charge is 2.22. The predicted molar refractivity (Wildman–Crippen MR) is 68.8 cm³/mol. The minimum absolute atomic E-state index is 0.0828. The number of nitro groups is 1. The van der Waals surface area contributed by atoms with Crippen LogP contribution in [0.25, 0.3) is 0 Å². The lowest BCUT2D eigenvalue weighted by Crippen LogP contribution is -2.42. The standard InChI is InChI=1S/C10H15N3O4S/c1-10(15,6-18-2)5-11-9(14)7-3-4-8(12-7)13(16)17/h3-4,12,15H,5-6H2,1-2H3,(H,11,14). The molecule has 1 aromatic rings. The summed E-state index contributed by atoms with van der Waals surface area (Å²) in [6.07, 6.45) is 1.85. The number of nitrogens with one attached hydrogen (secondary N) is 2. The Morgan fingerprint density at radius 1 is 1.67 bits per heavy atom. The molecular formula is C10H15N3O4S. The molecular weight excluding hydrogens is 258 g/mol. The highest BCUT2D eigenvalue weighted by Crippen LogP contribution is 2.11. The second-order valence-corrected chi connectivity index (χ2v) is 4.99. The number of rotatable bonds is 6. The van der Waals surface area contributed by atoms with Crippen molar-refractivity contribution < 1.29 is 14.8 Å². The molecule has 0 bridgehead atoms. The lowest BCUT2D eigenvalue weighted by atomic mass is 10.1. The average molecular weight is 273 g/mol. The minimum atomic E-state index is -1.01. The number of carbonyl (C=O) groups excluding carboxylic acids is 1. The Balaban J connectivity index is 2.57. The Hall–Kier alpha value is -1.54. The second-order valence-electron chi connectivity index (χ2n) is 4.13. The zero-order valence-corrected chi connectivity index (χ0v) is 10.9. The van der Waals surface area contributed by atoms with E-state index in [-0.39, 0.29) is 18.1 Å². The van der Waals surface area contributed by atoms with E-state index in [9.17, 15) is 20.0 Å². The summed E-state index contributed by atoms with van der Waals surface area (Å²) in [6, 6.07) is 2.55. The van der Waals surface area contributed by atoms with Gasteiger partial charge in [-0.3, -0.25) is 4.79 Å². The van der Waals surface area contributed by atoms with Crippen molar-refractivity contribution in [3.05, 3.63) is 27.9 Å². The fourth-order valence-corrected chi connectivity index (χ4v) is 2.07. The van der Waals surface area contributed by atoms with Gasteiger partial charge in [-0.25, -0.2) is 4.98 Å². The van der Waals surface area contributed by atoms with Crippen LogP contribution in [0.2, 0.25) is 0 Å². The molecule has 1 unspecified atom stereocenters. The van der Waals surface area contributed by atoms with Crippen molar-refractivity contribution in [2.75, 3.05) is 18.6 Å². The van der Waals surface area contributed by atoms with Gasteiger partial charge in [0.1, 0.15) is 0 Å². The Morgan fingerprint density at radius 2 is 2.33 bits per heavy atom. The molecule has 1 aromatic heterocycles. The first-order chi connectivity index (χ1) is 8.35. The third-order valence-electron chi connectivity index (χ3n) is 2.20. The number of amides is 1. The zero-order valence-electron chi connectivity index (χ0n) is 10.1. The lowest BCUT2D eigenvalue weighted by molar-refractivity contribution is -0.389. The van der Waals surface area contributed by atoms with Crippen LogP contribution < -0.4 is 5.32 Å². The van der Waals surface area contributed by atoms with Crippen LogP contribution in [0.3, 0.4) is 0 Å². The number of nitrogens with zero attached hydrogens (tertiary/aromatic N) is 1. The van der Waals surface area contributed by atoms with E-state index in [4.69, 9.17) is 0 Å². The SMILES string of the molecule is CSCC(C)(O)CNC(=O)c1ccc([N+](=O)[O-])[nH]1. The molecule has 0 aromatic carbocycles. The number of hydrogen-bond donors (Lipinski definition) is 3. The quantitative estimate of drug-likeness (QED) is 0.524. The summed E-state index contributed by atoms with van der Waals surface area (Å²) in [7, 11) is 0. The maximum Gasteiger partial charge on any atom is 0.321 e. The van der Waals surface area contributed by atoms with Crippen LogP contribution in [-0.2, 0) is 0 Å². The van der Waals surface area contributed by atoms with E-state index in [2.05, 4.69) is 10.3 Å². The molecule has 18 heavy (non-hydrogen) atoms. The Morgan fingerprint density at radius 3 is 2.83 bits per heavy atom. The lowest BCUT2D eigenvalue weighted by Gasteiger charge is -2.21. The maximum atomic E-state index is 11.6. The van der Waals surface area contributed by atoms with Gasteiger partial charge in [-0.2, -0.15) is 11.8 Å². The summed E-state index contributed by atoms with van der Waals surface area (Å²) in [6.45, 7) is 1.69. The molecule has 8 heteroatoms. The van der Waals surface area contributed by atoms with Gasteiger partial charge < -0.3 is 20.5 Å². The van der Waals surface area contributed by atoms with Crippen LogP contribution >= 0.6 is 11.8 Å². The molecule has 0 aliphatic carbocycles. The van der Waals surface area contributed by atoms with Crippen LogP contribution in [0.4, 0.5) is 5.82 Å². The molecule has 100 valence electrons. The molecule has 0 radical (unpaired) electrons. The van der Waals surface area contributed by atoms with Gasteiger partial charge in [0, 0.05) is 18.4 Å². The third-order valence-corrected chi connectivity index (χ3v) is 3.11. The van der Waals surface area contributed by atoms with Gasteiger partial charge in [0.05, 0.1) is 5.60 Å². The highest BCUT2D eigenvalue weighted by molar-refractivity contribution is 7.98. The summed E-state index contributed by atoms with van der Waals surface area (Å²) in [5, 5.41) is 22.8. The van der Waals surface area contributed by atoms with Gasteiger partial charge in [0.15, 0.2) is 5.69 Å². The maximum absolute atomic E-state index is 11.6. The molecule has 1 heterocycles. The van der Waals surface area contributed by atoms with Crippen molar-refractivity contribution in [2.45, 2.75) is 12.5 Å². The van der Waals surface area contributed by atoms with E-state index in [1.165, 1.54) is 23.9 Å². The van der Waals surface area contributed by atoms with Crippen molar-refractivity contribution in [3.8, 4) is 0 Å². The predicted octanol–water partition coefficient (Wildman–Crippen LogP) is 0.767. The van der Waals surface area contributed by atoms with Crippen LogP contribution in [0.1, 0.15) is 17.4 Å². The van der Waals surface area contributed by atoms with Gasteiger partial charge in [-0.05, 0) is 24.2 Å². The molecule has 0 spiro atoms. The molecule has 3 N–H and O–H groups in total. The molecule has 0 saturated carbocycles. The van der Waals surface area contributed by atoms with Gasteiger partial charge in [-0.15, -0.1) is 0 Å². The summed E-state index contributed by atoms with van der Waals surface area (Å²) in [4.78, 5) is 23.9. The monoisotopic (exact) mass is 273 g/mol. The Kier molecular flexibility index (Phi) is 4.74. The van der Waals surface area contributed by atoms with E-state index >= 15 is 0 Å². The zero-order chi connectivity index (χ0) is 13.8. The van der Waals surface area contributed by atoms with Gasteiger partial charge in [0.25, 0.3) is 5.91 Å². The number of aromatic amines is 1. The van der Waals surface area contributed by atoms with Crippen molar-refractivity contribution in [3.63, 3.8) is 0 Å². The molecule has 0 aliphatic rings. The topological polar surface area (TPSA) is 108 Å². The van der Waals surface area contributed by atoms with E-state index in [0.717, 1.165) is 0 Å². The number of thioether (sulfide) groups is 1. The first kappa shape index (κ1) is 14.5. The van der Waals surface area contributed by atoms with Gasteiger partial charge in [0.2, 0.25) is 0 Å².